The number of rotatable bonds is 7. The predicted octanol–water partition coefficient (Wildman–Crippen LogP) is 6.04. The van der Waals surface area contributed by atoms with Gasteiger partial charge in [-0.2, -0.15) is 0 Å². The molecule has 5 rings (SSSR count). The molecule has 4 aromatic rings. The molecule has 1 fully saturated rings. The van der Waals surface area contributed by atoms with Crippen LogP contribution in [0.1, 0.15) is 24.0 Å². The monoisotopic (exact) mass is 445 g/mol. The Morgan fingerprint density at radius 1 is 0.875 bits per heavy atom. The Labute approximate surface area is 192 Å². The first kappa shape index (κ1) is 20.9. The van der Waals surface area contributed by atoms with Crippen LogP contribution < -0.4 is 4.74 Å². The van der Waals surface area contributed by atoms with Gasteiger partial charge in [0, 0.05) is 16.8 Å². The summed E-state index contributed by atoms with van der Waals surface area (Å²) in [6, 6.07) is 21.3. The van der Waals surface area contributed by atoms with Gasteiger partial charge in [0.15, 0.2) is 0 Å². The topological polar surface area (TPSA) is 52.9 Å². The largest absolute Gasteiger partial charge is 0.508 e. The number of benzene rings is 3. The average molecular weight is 446 g/mol. The Bertz CT molecular complexity index is 1190. The second-order valence-electron chi connectivity index (χ2n) is 8.33. The van der Waals surface area contributed by atoms with Gasteiger partial charge >= 0.3 is 0 Å². The lowest BCUT2D eigenvalue weighted by Gasteiger charge is -2.15. The van der Waals surface area contributed by atoms with Crippen LogP contribution in [0.2, 0.25) is 0 Å². The fourth-order valence-corrected chi connectivity index (χ4v) is 5.62. The van der Waals surface area contributed by atoms with Crippen molar-refractivity contribution in [1.29, 1.82) is 0 Å². The molecule has 164 valence electrons. The van der Waals surface area contributed by atoms with E-state index in [1.54, 1.807) is 29.5 Å². The lowest BCUT2D eigenvalue weighted by atomic mass is 9.98. The first-order valence-electron chi connectivity index (χ1n) is 11.1. The first-order chi connectivity index (χ1) is 15.7. The molecule has 1 aliphatic heterocycles. The number of hydrogen-bond acceptors (Lipinski definition) is 5. The van der Waals surface area contributed by atoms with Crippen LogP contribution in [0.15, 0.2) is 66.7 Å². The maximum Gasteiger partial charge on any atom is 0.133 e. The van der Waals surface area contributed by atoms with Crippen molar-refractivity contribution in [2.45, 2.75) is 19.3 Å². The molecule has 0 radical (unpaired) electrons. The highest BCUT2D eigenvalue weighted by Crippen LogP contribution is 2.43. The Morgan fingerprint density at radius 3 is 2.38 bits per heavy atom. The van der Waals surface area contributed by atoms with E-state index in [1.807, 2.05) is 30.3 Å². The zero-order valence-electron chi connectivity index (χ0n) is 18.0. The minimum absolute atomic E-state index is 0.266. The van der Waals surface area contributed by atoms with Crippen molar-refractivity contribution in [3.63, 3.8) is 0 Å². The molecule has 1 saturated heterocycles. The van der Waals surface area contributed by atoms with Crippen molar-refractivity contribution in [1.82, 2.24) is 4.90 Å². The van der Waals surface area contributed by atoms with Crippen LogP contribution in [0.25, 0.3) is 20.5 Å². The molecular weight excluding hydrogens is 418 g/mol. The molecule has 0 atom stereocenters. The average Bonchev–Trinajstić information content (AvgIpc) is 3.45. The summed E-state index contributed by atoms with van der Waals surface area (Å²) in [5, 5.41) is 21.1. The van der Waals surface area contributed by atoms with E-state index in [1.165, 1.54) is 31.5 Å². The van der Waals surface area contributed by atoms with E-state index >= 15 is 0 Å². The molecular formula is C27H27NO3S. The molecule has 0 amide bonds. The zero-order valence-corrected chi connectivity index (χ0v) is 18.8. The van der Waals surface area contributed by atoms with Gasteiger partial charge in [0.05, 0.1) is 4.70 Å². The number of phenols is 2. The highest BCUT2D eigenvalue weighted by atomic mass is 32.1. The Kier molecular flexibility index (Phi) is 6.02. The van der Waals surface area contributed by atoms with Gasteiger partial charge < -0.3 is 14.9 Å². The molecule has 2 N–H and O–H groups in total. The minimum atomic E-state index is 0.266. The third kappa shape index (κ3) is 4.45. The third-order valence-corrected chi connectivity index (χ3v) is 7.43. The summed E-state index contributed by atoms with van der Waals surface area (Å²) < 4.78 is 6.88. The third-order valence-electron chi connectivity index (χ3n) is 6.11. The Hall–Kier alpha value is -3.02. The summed E-state index contributed by atoms with van der Waals surface area (Å²) in [5.74, 6) is 1.46. The van der Waals surface area contributed by atoms with Crippen molar-refractivity contribution < 1.29 is 14.9 Å². The number of ether oxygens (including phenoxy) is 1. The minimum Gasteiger partial charge on any atom is -0.508 e. The smallest absolute Gasteiger partial charge is 0.133 e. The van der Waals surface area contributed by atoms with Crippen LogP contribution >= 0.6 is 11.3 Å². The van der Waals surface area contributed by atoms with Gasteiger partial charge in [-0.15, -0.1) is 11.3 Å². The summed E-state index contributed by atoms with van der Waals surface area (Å²) in [7, 11) is 0. The summed E-state index contributed by atoms with van der Waals surface area (Å²) in [5.41, 5.74) is 3.43. The van der Waals surface area contributed by atoms with E-state index < -0.39 is 0 Å². The number of likely N-dealkylation sites (tertiary alicyclic amines) is 1. The summed E-state index contributed by atoms with van der Waals surface area (Å²) in [6.07, 6.45) is 3.32. The fourth-order valence-electron chi connectivity index (χ4n) is 4.38. The molecule has 4 nitrogen and oxygen atoms in total. The molecule has 1 aliphatic rings. The zero-order chi connectivity index (χ0) is 21.9. The maximum atomic E-state index is 10.4. The number of fused-ring (bicyclic) bond motifs is 1. The van der Waals surface area contributed by atoms with Gasteiger partial charge in [0.25, 0.3) is 0 Å². The van der Waals surface area contributed by atoms with Crippen LogP contribution in [0.3, 0.4) is 0 Å². The van der Waals surface area contributed by atoms with E-state index in [0.29, 0.717) is 12.4 Å². The van der Waals surface area contributed by atoms with Crippen molar-refractivity contribution in [3.05, 3.63) is 77.9 Å². The van der Waals surface area contributed by atoms with E-state index in [0.717, 1.165) is 44.8 Å². The molecule has 0 unspecified atom stereocenters. The quantitative estimate of drug-likeness (QED) is 0.364. The van der Waals surface area contributed by atoms with Gasteiger partial charge in [-0.1, -0.05) is 24.3 Å². The molecule has 0 spiro atoms. The van der Waals surface area contributed by atoms with Crippen LogP contribution in [0, 0.1) is 0 Å². The van der Waals surface area contributed by atoms with Crippen LogP contribution in [-0.4, -0.2) is 41.4 Å². The molecule has 0 aliphatic carbocycles. The van der Waals surface area contributed by atoms with Gasteiger partial charge in [0.2, 0.25) is 0 Å². The summed E-state index contributed by atoms with van der Waals surface area (Å²) in [4.78, 5) is 3.60. The number of nitrogens with zero attached hydrogens (tertiary/aromatic N) is 1. The van der Waals surface area contributed by atoms with Gasteiger partial charge in [-0.3, -0.25) is 4.90 Å². The molecule has 1 aromatic heterocycles. The normalized spacial score (nSPS) is 14.2. The second-order valence-corrected chi connectivity index (χ2v) is 9.35. The number of phenolic OH excluding ortho intramolecular Hbond substituents is 2. The highest BCUT2D eigenvalue weighted by Gasteiger charge is 2.17. The Balaban J connectivity index is 1.41. The number of hydrogen-bond donors (Lipinski definition) is 2. The number of aromatic hydroxyl groups is 2. The molecule has 2 heterocycles. The van der Waals surface area contributed by atoms with Crippen LogP contribution in [0.4, 0.5) is 0 Å². The van der Waals surface area contributed by atoms with Gasteiger partial charge in [-0.05, 0) is 91.5 Å². The van der Waals surface area contributed by atoms with E-state index in [4.69, 9.17) is 4.74 Å². The van der Waals surface area contributed by atoms with Gasteiger partial charge in [0.1, 0.15) is 23.9 Å². The SMILES string of the molecule is Oc1ccc(Cc2c(-c3ccc(OCCN4CCCC4)cc3)sc3c(O)cccc23)cc1. The lowest BCUT2D eigenvalue weighted by molar-refractivity contribution is 0.238. The van der Waals surface area contributed by atoms with Crippen molar-refractivity contribution in [2.24, 2.45) is 0 Å². The van der Waals surface area contributed by atoms with E-state index in [2.05, 4.69) is 23.1 Å². The number of thiophene rings is 1. The van der Waals surface area contributed by atoms with Crippen LogP contribution in [0.5, 0.6) is 17.2 Å². The fraction of sp³-hybridized carbons (Fsp3) is 0.259. The van der Waals surface area contributed by atoms with Gasteiger partial charge in [-0.25, -0.2) is 0 Å². The summed E-state index contributed by atoms with van der Waals surface area (Å²) in [6.45, 7) is 4.06. The maximum absolute atomic E-state index is 10.4. The summed E-state index contributed by atoms with van der Waals surface area (Å²) >= 11 is 1.62. The molecule has 3 aromatic carbocycles. The van der Waals surface area contributed by atoms with E-state index in [9.17, 15) is 10.2 Å². The van der Waals surface area contributed by atoms with Crippen molar-refractivity contribution in [2.75, 3.05) is 26.2 Å². The van der Waals surface area contributed by atoms with Crippen molar-refractivity contribution in [3.8, 4) is 27.7 Å². The predicted molar refractivity (Wildman–Crippen MR) is 131 cm³/mol. The lowest BCUT2D eigenvalue weighted by Crippen LogP contribution is -2.25. The molecule has 0 saturated carbocycles. The molecule has 5 heteroatoms. The standard InChI is InChI=1S/C27H27NO3S/c29-21-10-6-19(7-11-21)18-24-23-4-3-5-25(30)27(23)32-26(24)20-8-12-22(13-9-20)31-17-16-28-14-1-2-15-28/h3-13,29-30H,1-2,14-18H2. The molecule has 0 bridgehead atoms. The van der Waals surface area contributed by atoms with Crippen molar-refractivity contribution >= 4 is 21.4 Å². The van der Waals surface area contributed by atoms with Crippen LogP contribution in [-0.2, 0) is 6.42 Å². The van der Waals surface area contributed by atoms with E-state index in [-0.39, 0.29) is 5.75 Å². The second kappa shape index (κ2) is 9.23. The highest BCUT2D eigenvalue weighted by molar-refractivity contribution is 7.22. The molecule has 32 heavy (non-hydrogen) atoms. The Morgan fingerprint density at radius 2 is 1.62 bits per heavy atom. The first-order valence-corrected chi connectivity index (χ1v) is 12.0.